The predicted octanol–water partition coefficient (Wildman–Crippen LogP) is 0.680. The van der Waals surface area contributed by atoms with Crippen LogP contribution in [0, 0.1) is 5.41 Å². The Morgan fingerprint density at radius 2 is 1.50 bits per heavy atom. The maximum absolute atomic E-state index is 12.4. The molecule has 1 amide bonds. The van der Waals surface area contributed by atoms with Crippen molar-refractivity contribution >= 4 is 11.7 Å². The standard InChI is InChI=1S/C24H43NO9/c1-10-13-15(28)19(14(25-12(3)27)21(31-13)23(4,5)6)33-22-17(30)16(29)20(34-24(7,8)9)18(32-22)11(2)26/h13-22,28-30H,10H2,1-9H3,(H,25,27). The number of amides is 1. The Bertz CT molecular complexity index is 716. The SMILES string of the molecule is CCC1OC(C(C)(C)C)C(NC(C)=O)C(OC2OC(C(C)=O)C(OC(C)(C)C)C(O)C2O)C1O. The summed E-state index contributed by atoms with van der Waals surface area (Å²) in [7, 11) is 0. The quantitative estimate of drug-likeness (QED) is 0.423. The van der Waals surface area contributed by atoms with Crippen molar-refractivity contribution in [2.45, 2.75) is 135 Å². The van der Waals surface area contributed by atoms with E-state index in [4.69, 9.17) is 18.9 Å². The number of carbonyl (C=O) groups is 2. The molecule has 0 aromatic heterocycles. The molecule has 10 nitrogen and oxygen atoms in total. The second kappa shape index (κ2) is 10.9. The van der Waals surface area contributed by atoms with Crippen LogP contribution in [0.1, 0.15) is 68.7 Å². The average molecular weight is 490 g/mol. The molecule has 2 fully saturated rings. The molecule has 0 aromatic rings. The Labute approximate surface area is 202 Å². The number of hydrogen-bond acceptors (Lipinski definition) is 9. The second-order valence-electron chi connectivity index (χ2n) is 11.4. The molecule has 0 aliphatic carbocycles. The highest BCUT2D eigenvalue weighted by molar-refractivity contribution is 5.81. The van der Waals surface area contributed by atoms with Crippen molar-refractivity contribution in [3.63, 3.8) is 0 Å². The van der Waals surface area contributed by atoms with Crippen LogP contribution in [0.5, 0.6) is 0 Å². The van der Waals surface area contributed by atoms with Crippen LogP contribution in [0.2, 0.25) is 0 Å². The molecule has 0 aromatic carbocycles. The molecule has 10 unspecified atom stereocenters. The summed E-state index contributed by atoms with van der Waals surface area (Å²) in [6.07, 6.45) is -9.63. The van der Waals surface area contributed by atoms with Gasteiger partial charge in [0.15, 0.2) is 12.1 Å². The van der Waals surface area contributed by atoms with Gasteiger partial charge in [-0.25, -0.2) is 0 Å². The van der Waals surface area contributed by atoms with Gasteiger partial charge in [0.2, 0.25) is 5.91 Å². The maximum atomic E-state index is 12.4. The Balaban J connectivity index is 2.39. The van der Waals surface area contributed by atoms with Gasteiger partial charge in [-0.15, -0.1) is 0 Å². The van der Waals surface area contributed by atoms with Crippen molar-refractivity contribution in [2.24, 2.45) is 5.41 Å². The summed E-state index contributed by atoms with van der Waals surface area (Å²) in [5.74, 6) is -0.747. The van der Waals surface area contributed by atoms with Crippen LogP contribution in [0.4, 0.5) is 0 Å². The van der Waals surface area contributed by atoms with Gasteiger partial charge >= 0.3 is 0 Å². The van der Waals surface area contributed by atoms with E-state index in [-0.39, 0.29) is 5.91 Å². The molecule has 0 saturated carbocycles. The first kappa shape index (κ1) is 29.1. The van der Waals surface area contributed by atoms with E-state index in [1.54, 1.807) is 20.8 Å². The van der Waals surface area contributed by atoms with Gasteiger partial charge in [0.05, 0.1) is 23.9 Å². The number of carbonyl (C=O) groups excluding carboxylic acids is 2. The number of nitrogens with one attached hydrogen (secondary N) is 1. The van der Waals surface area contributed by atoms with Crippen molar-refractivity contribution in [1.29, 1.82) is 0 Å². The highest BCUT2D eigenvalue weighted by Gasteiger charge is 2.54. The summed E-state index contributed by atoms with van der Waals surface area (Å²) >= 11 is 0. The number of Topliss-reactive ketones (excluding diaryl/α,β-unsaturated/α-hetero) is 1. The minimum Gasteiger partial charge on any atom is -0.388 e. The molecule has 10 heteroatoms. The van der Waals surface area contributed by atoms with Crippen LogP contribution in [-0.4, -0.2) is 93.8 Å². The molecular weight excluding hydrogens is 446 g/mol. The van der Waals surface area contributed by atoms with Gasteiger partial charge in [0.25, 0.3) is 0 Å². The molecule has 0 radical (unpaired) electrons. The molecule has 34 heavy (non-hydrogen) atoms. The monoisotopic (exact) mass is 489 g/mol. The molecule has 4 N–H and O–H groups in total. The van der Waals surface area contributed by atoms with E-state index >= 15 is 0 Å². The first-order chi connectivity index (χ1) is 15.5. The van der Waals surface area contributed by atoms with Gasteiger partial charge in [-0.05, 0) is 39.5 Å². The molecule has 2 aliphatic heterocycles. The Kier molecular flexibility index (Phi) is 9.29. The predicted molar refractivity (Wildman–Crippen MR) is 123 cm³/mol. The zero-order valence-corrected chi connectivity index (χ0v) is 21.8. The summed E-state index contributed by atoms with van der Waals surface area (Å²) in [5.41, 5.74) is -1.14. The lowest BCUT2D eigenvalue weighted by atomic mass is 9.78. The highest BCUT2D eigenvalue weighted by Crippen LogP contribution is 2.37. The van der Waals surface area contributed by atoms with Crippen LogP contribution in [-0.2, 0) is 28.5 Å². The zero-order valence-electron chi connectivity index (χ0n) is 21.8. The lowest BCUT2D eigenvalue weighted by Crippen LogP contribution is -2.69. The minimum absolute atomic E-state index is 0.344. The van der Waals surface area contributed by atoms with Crippen molar-refractivity contribution in [1.82, 2.24) is 5.32 Å². The fourth-order valence-corrected chi connectivity index (χ4v) is 4.56. The van der Waals surface area contributed by atoms with E-state index in [2.05, 4.69) is 5.32 Å². The van der Waals surface area contributed by atoms with Gasteiger partial charge in [-0.3, -0.25) is 9.59 Å². The summed E-state index contributed by atoms with van der Waals surface area (Å²) in [6, 6.07) is -0.775. The van der Waals surface area contributed by atoms with Gasteiger partial charge in [-0.1, -0.05) is 27.7 Å². The van der Waals surface area contributed by atoms with E-state index in [1.165, 1.54) is 13.8 Å². The molecule has 0 spiro atoms. The zero-order chi connectivity index (χ0) is 26.2. The lowest BCUT2D eigenvalue weighted by molar-refractivity contribution is -0.335. The number of ketones is 1. The van der Waals surface area contributed by atoms with Crippen LogP contribution in [0.25, 0.3) is 0 Å². The largest absolute Gasteiger partial charge is 0.388 e. The van der Waals surface area contributed by atoms with Crippen molar-refractivity contribution < 1.29 is 43.9 Å². The normalized spacial score (nSPS) is 39.5. The van der Waals surface area contributed by atoms with Crippen LogP contribution in [0.15, 0.2) is 0 Å². The number of hydrogen-bond donors (Lipinski definition) is 4. The molecular formula is C24H43NO9. The lowest BCUT2D eigenvalue weighted by Gasteiger charge is -2.51. The van der Waals surface area contributed by atoms with Crippen molar-refractivity contribution in [3.05, 3.63) is 0 Å². The molecule has 2 aliphatic rings. The average Bonchev–Trinajstić information content (AvgIpc) is 2.67. The van der Waals surface area contributed by atoms with Crippen LogP contribution >= 0.6 is 0 Å². The Morgan fingerprint density at radius 3 is 1.94 bits per heavy atom. The maximum Gasteiger partial charge on any atom is 0.217 e. The van der Waals surface area contributed by atoms with E-state index in [9.17, 15) is 24.9 Å². The fourth-order valence-electron chi connectivity index (χ4n) is 4.56. The first-order valence-electron chi connectivity index (χ1n) is 11.9. The molecule has 2 saturated heterocycles. The Morgan fingerprint density at radius 1 is 0.912 bits per heavy atom. The van der Waals surface area contributed by atoms with E-state index < -0.39 is 78.0 Å². The first-order valence-corrected chi connectivity index (χ1v) is 11.9. The van der Waals surface area contributed by atoms with Crippen LogP contribution < -0.4 is 5.32 Å². The van der Waals surface area contributed by atoms with Crippen molar-refractivity contribution in [2.75, 3.05) is 0 Å². The van der Waals surface area contributed by atoms with Gasteiger partial charge in [0, 0.05) is 6.92 Å². The Hall–Kier alpha value is -1.14. The molecule has 0 bridgehead atoms. The number of aliphatic hydroxyl groups is 3. The van der Waals surface area contributed by atoms with Crippen LogP contribution in [0.3, 0.4) is 0 Å². The number of ether oxygens (including phenoxy) is 4. The molecule has 10 atom stereocenters. The van der Waals surface area contributed by atoms with Crippen molar-refractivity contribution in [3.8, 4) is 0 Å². The number of aliphatic hydroxyl groups excluding tert-OH is 3. The third-order valence-corrected chi connectivity index (χ3v) is 6.07. The third kappa shape index (κ3) is 6.75. The summed E-state index contributed by atoms with van der Waals surface area (Å²) in [4.78, 5) is 24.4. The van der Waals surface area contributed by atoms with E-state index in [0.717, 1.165) is 0 Å². The van der Waals surface area contributed by atoms with Gasteiger partial charge < -0.3 is 39.6 Å². The second-order valence-corrected chi connectivity index (χ2v) is 11.4. The molecule has 198 valence electrons. The third-order valence-electron chi connectivity index (χ3n) is 6.07. The smallest absolute Gasteiger partial charge is 0.217 e. The van der Waals surface area contributed by atoms with E-state index in [0.29, 0.717) is 6.42 Å². The van der Waals surface area contributed by atoms with Gasteiger partial charge in [-0.2, -0.15) is 0 Å². The van der Waals surface area contributed by atoms with Gasteiger partial charge in [0.1, 0.15) is 36.6 Å². The van der Waals surface area contributed by atoms with E-state index in [1.807, 2.05) is 27.7 Å². The molecule has 2 rings (SSSR count). The minimum atomic E-state index is -1.57. The summed E-state index contributed by atoms with van der Waals surface area (Å²) in [5, 5.41) is 35.6. The fraction of sp³-hybridized carbons (Fsp3) is 0.917. The number of rotatable bonds is 6. The topological polar surface area (TPSA) is 144 Å². The summed E-state index contributed by atoms with van der Waals surface area (Å²) in [6.45, 7) is 15.7. The highest BCUT2D eigenvalue weighted by atomic mass is 16.7. The summed E-state index contributed by atoms with van der Waals surface area (Å²) < 4.78 is 23.9. The molecule has 2 heterocycles.